The van der Waals surface area contributed by atoms with E-state index in [0.717, 1.165) is 19.3 Å². The fourth-order valence-electron chi connectivity index (χ4n) is 4.41. The molecule has 6 N–H and O–H groups in total. The summed E-state index contributed by atoms with van der Waals surface area (Å²) in [5.74, 6) is -0.902. The van der Waals surface area contributed by atoms with Gasteiger partial charge in [-0.05, 0) is 45.4 Å². The van der Waals surface area contributed by atoms with Gasteiger partial charge in [-0.3, -0.25) is 14.6 Å². The highest BCUT2D eigenvalue weighted by molar-refractivity contribution is 7.89. The maximum absolute atomic E-state index is 13.6. The van der Waals surface area contributed by atoms with Gasteiger partial charge in [-0.25, -0.2) is 8.42 Å². The Hall–Kier alpha value is -1.92. The van der Waals surface area contributed by atoms with Crippen LogP contribution < -0.4 is 21.5 Å². The molecule has 1 aliphatic carbocycles. The van der Waals surface area contributed by atoms with Gasteiger partial charge < -0.3 is 26.5 Å². The Kier molecular flexibility index (Phi) is 11.5. The van der Waals surface area contributed by atoms with Crippen molar-refractivity contribution in [3.05, 3.63) is 0 Å². The zero-order chi connectivity index (χ0) is 23.8. The van der Waals surface area contributed by atoms with Crippen molar-refractivity contribution in [2.45, 2.75) is 82.3 Å². The van der Waals surface area contributed by atoms with E-state index >= 15 is 0 Å². The predicted molar refractivity (Wildman–Crippen MR) is 128 cm³/mol. The largest absolute Gasteiger partial charge is 0.370 e. The molecule has 190 valence electrons. The summed E-state index contributed by atoms with van der Waals surface area (Å²) in [5, 5.41) is 2.71. The second kappa shape index (κ2) is 13.1. The van der Waals surface area contributed by atoms with E-state index in [9.17, 15) is 22.8 Å². The van der Waals surface area contributed by atoms with Crippen LogP contribution in [0.1, 0.15) is 64.7 Å². The van der Waals surface area contributed by atoms with Crippen molar-refractivity contribution in [2.75, 3.05) is 18.8 Å². The van der Waals surface area contributed by atoms with Gasteiger partial charge in [-0.2, -0.15) is 4.72 Å². The van der Waals surface area contributed by atoms with E-state index < -0.39 is 33.6 Å². The van der Waals surface area contributed by atoms with Crippen LogP contribution in [0.25, 0.3) is 0 Å². The highest BCUT2D eigenvalue weighted by atomic mass is 35.5. The molecule has 1 aliphatic heterocycles. The number of hydrogen-bond donors (Lipinski definition) is 4. The van der Waals surface area contributed by atoms with Gasteiger partial charge >= 0.3 is 0 Å². The lowest BCUT2D eigenvalue weighted by molar-refractivity contribution is -0.144. The molecule has 11 nitrogen and oxygen atoms in total. The third kappa shape index (κ3) is 8.11. The van der Waals surface area contributed by atoms with Gasteiger partial charge in [0, 0.05) is 13.1 Å². The number of carbonyl (C=O) groups excluding carboxylic acids is 3. The van der Waals surface area contributed by atoms with Crippen LogP contribution in [0.2, 0.25) is 0 Å². The second-order valence-corrected chi connectivity index (χ2v) is 10.5. The van der Waals surface area contributed by atoms with Gasteiger partial charge in [0.1, 0.15) is 17.9 Å². The molecule has 2 aliphatic rings. The SMILES string of the molecule is CCS(=O)(=O)NC1(C(=O)N2CCC[C@H]2C(=O)N[C@H](C=O)CCCN=C(N)N)CCCCC1.Cl. The molecule has 0 aromatic heterocycles. The minimum Gasteiger partial charge on any atom is -0.370 e. The fraction of sp³-hybridized carbons (Fsp3) is 0.800. The Morgan fingerprint density at radius 1 is 1.21 bits per heavy atom. The lowest BCUT2D eigenvalue weighted by Crippen LogP contribution is -2.63. The third-order valence-electron chi connectivity index (χ3n) is 6.12. The average Bonchev–Trinajstić information content (AvgIpc) is 3.25. The van der Waals surface area contributed by atoms with Crippen LogP contribution in [-0.2, 0) is 24.4 Å². The Morgan fingerprint density at radius 2 is 1.88 bits per heavy atom. The Balaban J connectivity index is 0.00000544. The summed E-state index contributed by atoms with van der Waals surface area (Å²) in [4.78, 5) is 43.3. The van der Waals surface area contributed by atoms with Crippen LogP contribution in [0.5, 0.6) is 0 Å². The second-order valence-electron chi connectivity index (χ2n) is 8.50. The maximum Gasteiger partial charge on any atom is 0.244 e. The van der Waals surface area contributed by atoms with Gasteiger partial charge in [-0.15, -0.1) is 12.4 Å². The molecule has 0 bridgehead atoms. The molecule has 2 rings (SSSR count). The molecule has 2 fully saturated rings. The zero-order valence-corrected chi connectivity index (χ0v) is 20.8. The van der Waals surface area contributed by atoms with Gasteiger partial charge in [0.15, 0.2) is 5.96 Å². The molecule has 1 heterocycles. The van der Waals surface area contributed by atoms with Gasteiger partial charge in [0.2, 0.25) is 21.8 Å². The molecule has 2 atom stereocenters. The number of aldehydes is 1. The van der Waals surface area contributed by atoms with Crippen LogP contribution in [0.3, 0.4) is 0 Å². The van der Waals surface area contributed by atoms with Crippen molar-refractivity contribution in [3.8, 4) is 0 Å². The van der Waals surface area contributed by atoms with E-state index in [1.807, 2.05) is 0 Å². The highest BCUT2D eigenvalue weighted by Gasteiger charge is 2.48. The molecule has 0 unspecified atom stereocenters. The lowest BCUT2D eigenvalue weighted by Gasteiger charge is -2.40. The molecule has 13 heteroatoms. The topological polar surface area (TPSA) is 177 Å². The number of aliphatic imine (C=N–C) groups is 1. The molecule has 1 saturated heterocycles. The lowest BCUT2D eigenvalue weighted by atomic mass is 9.81. The summed E-state index contributed by atoms with van der Waals surface area (Å²) in [6.07, 6.45) is 5.89. The van der Waals surface area contributed by atoms with E-state index in [4.69, 9.17) is 11.5 Å². The number of hydrogen-bond acceptors (Lipinski definition) is 6. The molecule has 0 radical (unpaired) electrons. The molecule has 2 amide bonds. The van der Waals surface area contributed by atoms with Gasteiger partial charge in [-0.1, -0.05) is 19.3 Å². The Morgan fingerprint density at radius 3 is 2.45 bits per heavy atom. The first-order chi connectivity index (χ1) is 15.1. The normalized spacial score (nSPS) is 20.9. The summed E-state index contributed by atoms with van der Waals surface area (Å²) in [6.45, 7) is 2.25. The minimum atomic E-state index is -3.60. The number of nitrogens with two attached hydrogens (primary N) is 2. The smallest absolute Gasteiger partial charge is 0.244 e. The number of likely N-dealkylation sites (tertiary alicyclic amines) is 1. The van der Waals surface area contributed by atoms with E-state index in [-0.39, 0.29) is 30.0 Å². The number of halogens is 1. The Bertz CT molecular complexity index is 812. The van der Waals surface area contributed by atoms with Crippen LogP contribution >= 0.6 is 12.4 Å². The number of guanidine groups is 1. The standard InChI is InChI=1S/C20H36N6O5S.ClH/c1-2-32(30,31)25-20(10-4-3-5-11-20)18(29)26-13-7-9-16(26)17(28)24-15(14-27)8-6-12-23-19(21)22;/h14-16,25H,2-13H2,1H3,(H,24,28)(H4,21,22,23);1H/t15-,16-;/m0./s1. The van der Waals surface area contributed by atoms with E-state index in [1.165, 1.54) is 11.8 Å². The minimum absolute atomic E-state index is 0. The summed E-state index contributed by atoms with van der Waals surface area (Å²) in [6, 6.07) is -1.44. The van der Waals surface area contributed by atoms with Gasteiger partial charge in [0.05, 0.1) is 11.8 Å². The first kappa shape index (κ1) is 29.1. The van der Waals surface area contributed by atoms with Gasteiger partial charge in [0.25, 0.3) is 0 Å². The van der Waals surface area contributed by atoms with Crippen molar-refractivity contribution >= 4 is 46.5 Å². The third-order valence-corrected chi connectivity index (χ3v) is 7.59. The van der Waals surface area contributed by atoms with Crippen LogP contribution in [0, 0.1) is 0 Å². The molecular formula is C20H37ClN6O5S. The number of nitrogens with one attached hydrogen (secondary N) is 2. The van der Waals surface area contributed by atoms with E-state index in [1.54, 1.807) is 0 Å². The van der Waals surface area contributed by atoms with Crippen molar-refractivity contribution in [1.82, 2.24) is 14.9 Å². The van der Waals surface area contributed by atoms with E-state index in [0.29, 0.717) is 57.9 Å². The molecule has 33 heavy (non-hydrogen) atoms. The monoisotopic (exact) mass is 508 g/mol. The number of amides is 2. The van der Waals surface area contributed by atoms with Crippen LogP contribution in [-0.4, -0.2) is 73.8 Å². The van der Waals surface area contributed by atoms with Crippen molar-refractivity contribution in [2.24, 2.45) is 16.5 Å². The number of carbonyl (C=O) groups is 3. The summed E-state index contributed by atoms with van der Waals surface area (Å²) in [5.41, 5.74) is 9.34. The summed E-state index contributed by atoms with van der Waals surface area (Å²) in [7, 11) is -3.60. The van der Waals surface area contributed by atoms with Crippen molar-refractivity contribution in [3.63, 3.8) is 0 Å². The zero-order valence-electron chi connectivity index (χ0n) is 19.1. The van der Waals surface area contributed by atoms with Crippen LogP contribution in [0.15, 0.2) is 4.99 Å². The summed E-state index contributed by atoms with van der Waals surface area (Å²) >= 11 is 0. The number of sulfonamides is 1. The highest BCUT2D eigenvalue weighted by Crippen LogP contribution is 2.33. The molecule has 0 aromatic rings. The first-order valence-corrected chi connectivity index (χ1v) is 12.9. The van der Waals surface area contributed by atoms with Crippen molar-refractivity contribution in [1.29, 1.82) is 0 Å². The summed E-state index contributed by atoms with van der Waals surface area (Å²) < 4.78 is 27.3. The molecule has 0 spiro atoms. The average molecular weight is 509 g/mol. The number of rotatable bonds is 11. The predicted octanol–water partition coefficient (Wildman–Crippen LogP) is -0.221. The molecule has 0 aromatic carbocycles. The Labute approximate surface area is 201 Å². The first-order valence-electron chi connectivity index (χ1n) is 11.3. The fourth-order valence-corrected chi connectivity index (χ4v) is 5.45. The number of nitrogens with zero attached hydrogens (tertiary/aromatic N) is 2. The van der Waals surface area contributed by atoms with Crippen molar-refractivity contribution < 1.29 is 22.8 Å². The quantitative estimate of drug-likeness (QED) is 0.129. The molecular weight excluding hydrogens is 472 g/mol. The molecule has 1 saturated carbocycles. The van der Waals surface area contributed by atoms with Crippen LogP contribution in [0.4, 0.5) is 0 Å². The maximum atomic E-state index is 13.6. The van der Waals surface area contributed by atoms with E-state index in [2.05, 4.69) is 15.0 Å².